The van der Waals surface area contributed by atoms with E-state index in [-0.39, 0.29) is 12.2 Å². The van der Waals surface area contributed by atoms with Crippen LogP contribution in [-0.4, -0.2) is 31.8 Å². The highest BCUT2D eigenvalue weighted by Gasteiger charge is 2.16. The Hall–Kier alpha value is -2.74. The van der Waals surface area contributed by atoms with Crippen molar-refractivity contribution in [2.45, 2.75) is 26.4 Å². The molecular weight excluding hydrogens is 422 g/mol. The number of nitrogens with zero attached hydrogens (tertiary/aromatic N) is 3. The molecule has 3 aromatic heterocycles. The molecule has 0 fully saturated rings. The van der Waals surface area contributed by atoms with Gasteiger partial charge in [0.15, 0.2) is 0 Å². The molecule has 6 nitrogen and oxygen atoms in total. The van der Waals surface area contributed by atoms with Crippen molar-refractivity contribution in [1.29, 1.82) is 0 Å². The highest BCUT2D eigenvalue weighted by atomic mass is 35.5. The Kier molecular flexibility index (Phi) is 5.36. The first-order valence-electron chi connectivity index (χ1n) is 9.31. The molecule has 0 amide bonds. The fourth-order valence-corrected chi connectivity index (χ4v) is 4.10. The Bertz CT molecular complexity index is 1270. The second-order valence-corrected chi connectivity index (χ2v) is 9.16. The smallest absolute Gasteiger partial charge is 0.275 e. The number of halogens is 1. The number of rotatable bonds is 5. The summed E-state index contributed by atoms with van der Waals surface area (Å²) in [6, 6.07) is 11.2. The molecule has 0 spiro atoms. The van der Waals surface area contributed by atoms with Crippen LogP contribution < -0.4 is 10.3 Å². The first kappa shape index (κ1) is 20.5. The molecule has 0 aliphatic carbocycles. The molecule has 0 bridgehead atoms. The van der Waals surface area contributed by atoms with Gasteiger partial charge in [0.25, 0.3) is 5.56 Å². The number of fused-ring (bicyclic) bond motifs is 1. The summed E-state index contributed by atoms with van der Waals surface area (Å²) in [4.78, 5) is 22.8. The van der Waals surface area contributed by atoms with Crippen molar-refractivity contribution in [3.8, 4) is 22.0 Å². The summed E-state index contributed by atoms with van der Waals surface area (Å²) in [7, 11) is 0. The van der Waals surface area contributed by atoms with E-state index in [9.17, 15) is 9.90 Å². The van der Waals surface area contributed by atoms with Crippen molar-refractivity contribution < 1.29 is 9.84 Å². The van der Waals surface area contributed by atoms with E-state index in [1.165, 1.54) is 22.2 Å². The number of thiophene rings is 1. The van der Waals surface area contributed by atoms with Crippen molar-refractivity contribution in [3.63, 3.8) is 0 Å². The summed E-state index contributed by atoms with van der Waals surface area (Å²) < 4.78 is 7.63. The van der Waals surface area contributed by atoms with E-state index in [4.69, 9.17) is 16.3 Å². The molecule has 0 saturated heterocycles. The zero-order valence-corrected chi connectivity index (χ0v) is 18.3. The molecule has 4 aromatic rings. The van der Waals surface area contributed by atoms with Gasteiger partial charge in [-0.15, -0.1) is 11.3 Å². The van der Waals surface area contributed by atoms with Crippen molar-refractivity contribution in [2.75, 3.05) is 6.61 Å². The van der Waals surface area contributed by atoms with Gasteiger partial charge in [-0.05, 0) is 50.6 Å². The van der Waals surface area contributed by atoms with Gasteiger partial charge in [-0.3, -0.25) is 9.36 Å². The largest absolute Gasteiger partial charge is 0.474 e. The van der Waals surface area contributed by atoms with Crippen LogP contribution in [0.3, 0.4) is 0 Å². The number of hydrogen-bond acceptors (Lipinski definition) is 6. The van der Waals surface area contributed by atoms with E-state index in [0.717, 1.165) is 16.0 Å². The fourth-order valence-electron chi connectivity index (χ4n) is 2.93. The Morgan fingerprint density at radius 3 is 2.60 bits per heavy atom. The van der Waals surface area contributed by atoms with Crippen molar-refractivity contribution in [1.82, 2.24) is 14.5 Å². The topological polar surface area (TPSA) is 77.2 Å². The Morgan fingerprint density at radius 2 is 1.93 bits per heavy atom. The molecule has 3 heterocycles. The molecule has 4 rings (SSSR count). The maximum Gasteiger partial charge on any atom is 0.275 e. The molecule has 1 aromatic carbocycles. The molecule has 0 saturated carbocycles. The second kappa shape index (κ2) is 7.83. The molecule has 0 aliphatic heterocycles. The summed E-state index contributed by atoms with van der Waals surface area (Å²) in [6.07, 6.45) is 3.08. The lowest BCUT2D eigenvalue weighted by atomic mass is 10.2. The van der Waals surface area contributed by atoms with Gasteiger partial charge in [0, 0.05) is 15.5 Å². The number of hydrogen-bond donors (Lipinski definition) is 1. The standard InChI is InChI=1S/C22H20ClN3O3S/c1-13-8-16(10-24-20(13)29-11-22(2,3)28)26-12-25-17-9-18(30-19(17)21(26)27)14-4-6-15(23)7-5-14/h4-10,12,28H,11H2,1-3H3. The van der Waals surface area contributed by atoms with Gasteiger partial charge in [0.1, 0.15) is 17.6 Å². The van der Waals surface area contributed by atoms with Crippen LogP contribution in [0.5, 0.6) is 5.88 Å². The summed E-state index contributed by atoms with van der Waals surface area (Å²) in [5.41, 5.74) is 1.89. The predicted octanol–water partition coefficient (Wildman–Crippen LogP) is 4.62. The van der Waals surface area contributed by atoms with Crippen molar-refractivity contribution >= 4 is 33.2 Å². The van der Waals surface area contributed by atoms with Gasteiger partial charge < -0.3 is 9.84 Å². The fraction of sp³-hybridized carbons (Fsp3) is 0.227. The van der Waals surface area contributed by atoms with Gasteiger partial charge >= 0.3 is 0 Å². The number of aryl methyl sites for hydroxylation is 1. The van der Waals surface area contributed by atoms with Crippen molar-refractivity contribution in [3.05, 3.63) is 69.9 Å². The summed E-state index contributed by atoms with van der Waals surface area (Å²) >= 11 is 7.37. The quantitative estimate of drug-likeness (QED) is 0.489. The number of pyridine rings is 1. The number of aromatic nitrogens is 3. The van der Waals surface area contributed by atoms with Gasteiger partial charge in [-0.1, -0.05) is 23.7 Å². The summed E-state index contributed by atoms with van der Waals surface area (Å²) in [6.45, 7) is 5.29. The van der Waals surface area contributed by atoms with Crippen LogP contribution in [0.25, 0.3) is 26.3 Å². The van der Waals surface area contributed by atoms with Crippen LogP contribution in [0.2, 0.25) is 5.02 Å². The van der Waals surface area contributed by atoms with Crippen LogP contribution in [0.1, 0.15) is 19.4 Å². The molecule has 0 radical (unpaired) electrons. The van der Waals surface area contributed by atoms with Crippen molar-refractivity contribution in [2.24, 2.45) is 0 Å². The van der Waals surface area contributed by atoms with Crippen LogP contribution in [0, 0.1) is 6.92 Å². The van der Waals surface area contributed by atoms with Crippen LogP contribution in [0.15, 0.2) is 53.7 Å². The molecule has 154 valence electrons. The normalized spacial score (nSPS) is 11.8. The number of aliphatic hydroxyl groups is 1. The second-order valence-electron chi connectivity index (χ2n) is 7.67. The zero-order valence-electron chi connectivity index (χ0n) is 16.7. The third kappa shape index (κ3) is 4.23. The van der Waals surface area contributed by atoms with E-state index in [1.807, 2.05) is 43.3 Å². The molecule has 8 heteroatoms. The maximum absolute atomic E-state index is 13.1. The van der Waals surface area contributed by atoms with E-state index in [0.29, 0.717) is 26.8 Å². The predicted molar refractivity (Wildman–Crippen MR) is 120 cm³/mol. The Labute approximate surface area is 182 Å². The average molecular weight is 442 g/mol. The maximum atomic E-state index is 13.1. The minimum atomic E-state index is -0.959. The average Bonchev–Trinajstić information content (AvgIpc) is 3.12. The summed E-state index contributed by atoms with van der Waals surface area (Å²) in [5, 5.41) is 10.5. The van der Waals surface area contributed by atoms with Crippen LogP contribution in [-0.2, 0) is 0 Å². The minimum Gasteiger partial charge on any atom is -0.474 e. The monoisotopic (exact) mass is 441 g/mol. The van der Waals surface area contributed by atoms with E-state index >= 15 is 0 Å². The number of ether oxygens (including phenoxy) is 1. The third-order valence-electron chi connectivity index (χ3n) is 4.42. The highest BCUT2D eigenvalue weighted by Crippen LogP contribution is 2.31. The first-order chi connectivity index (χ1) is 14.2. The molecular formula is C22H20ClN3O3S. The van der Waals surface area contributed by atoms with Gasteiger partial charge in [0.2, 0.25) is 5.88 Å². The van der Waals surface area contributed by atoms with Crippen LogP contribution in [0.4, 0.5) is 0 Å². The zero-order chi connectivity index (χ0) is 21.5. The van der Waals surface area contributed by atoms with Gasteiger partial charge in [0.05, 0.1) is 23.0 Å². The molecule has 30 heavy (non-hydrogen) atoms. The van der Waals surface area contributed by atoms with Gasteiger partial charge in [-0.2, -0.15) is 0 Å². The lowest BCUT2D eigenvalue weighted by molar-refractivity contribution is 0.0266. The Balaban J connectivity index is 1.69. The molecule has 0 unspecified atom stereocenters. The number of benzene rings is 1. The SMILES string of the molecule is Cc1cc(-n2cnc3cc(-c4ccc(Cl)cc4)sc3c2=O)cnc1OCC(C)(C)O. The van der Waals surface area contributed by atoms with E-state index in [2.05, 4.69) is 9.97 Å². The lowest BCUT2D eigenvalue weighted by Gasteiger charge is -2.18. The lowest BCUT2D eigenvalue weighted by Crippen LogP contribution is -2.28. The molecule has 1 N–H and O–H groups in total. The van der Waals surface area contributed by atoms with E-state index < -0.39 is 5.60 Å². The summed E-state index contributed by atoms with van der Waals surface area (Å²) in [5.74, 6) is 0.420. The highest BCUT2D eigenvalue weighted by molar-refractivity contribution is 7.22. The minimum absolute atomic E-state index is 0.121. The Morgan fingerprint density at radius 1 is 1.20 bits per heavy atom. The molecule has 0 aliphatic rings. The molecule has 0 atom stereocenters. The van der Waals surface area contributed by atoms with Gasteiger partial charge in [-0.25, -0.2) is 9.97 Å². The first-order valence-corrected chi connectivity index (χ1v) is 10.5. The van der Waals surface area contributed by atoms with Crippen LogP contribution >= 0.6 is 22.9 Å². The third-order valence-corrected chi connectivity index (χ3v) is 5.84. The van der Waals surface area contributed by atoms with E-state index in [1.54, 1.807) is 20.0 Å².